The molecule has 0 radical (unpaired) electrons. The van der Waals surface area contributed by atoms with Gasteiger partial charge in [0, 0.05) is 30.7 Å². The van der Waals surface area contributed by atoms with E-state index in [1.807, 2.05) is 17.0 Å². The zero-order valence-electron chi connectivity index (χ0n) is 14.1. The molecule has 2 heterocycles. The Morgan fingerprint density at radius 1 is 1.08 bits per heavy atom. The molecule has 1 N–H and O–H groups in total. The summed E-state index contributed by atoms with van der Waals surface area (Å²) >= 11 is 0. The van der Waals surface area contributed by atoms with Crippen molar-refractivity contribution in [3.8, 4) is 11.8 Å². The lowest BCUT2D eigenvalue weighted by Crippen LogP contribution is -2.48. The van der Waals surface area contributed by atoms with Gasteiger partial charge in [-0.1, -0.05) is 6.42 Å². The van der Waals surface area contributed by atoms with Gasteiger partial charge in [0.05, 0.1) is 0 Å². The molecule has 2 aliphatic rings. The second-order valence-electron chi connectivity index (χ2n) is 6.68. The Morgan fingerprint density at radius 3 is 2.64 bits per heavy atom. The van der Waals surface area contributed by atoms with E-state index in [0.717, 1.165) is 25.1 Å². The summed E-state index contributed by atoms with van der Waals surface area (Å²) in [5, 5.41) is 3.02. The lowest BCUT2D eigenvalue weighted by atomic mass is 9.92. The Morgan fingerprint density at radius 2 is 1.84 bits per heavy atom. The number of urea groups is 1. The Bertz CT molecular complexity index is 720. The number of nitrogens with one attached hydrogen (secondary N) is 1. The van der Waals surface area contributed by atoms with E-state index in [4.69, 9.17) is 4.74 Å². The van der Waals surface area contributed by atoms with Crippen molar-refractivity contribution in [2.24, 2.45) is 5.92 Å². The van der Waals surface area contributed by atoms with Crippen LogP contribution in [0.25, 0.3) is 0 Å². The van der Waals surface area contributed by atoms with Crippen molar-refractivity contribution in [2.75, 3.05) is 11.9 Å². The van der Waals surface area contributed by atoms with Gasteiger partial charge in [-0.25, -0.2) is 14.8 Å². The topological polar surface area (TPSA) is 67.3 Å². The number of aromatic nitrogens is 2. The van der Waals surface area contributed by atoms with E-state index >= 15 is 0 Å². The summed E-state index contributed by atoms with van der Waals surface area (Å²) in [5.41, 5.74) is 0.770. The van der Waals surface area contributed by atoms with Crippen LogP contribution >= 0.6 is 0 Å². The van der Waals surface area contributed by atoms with Gasteiger partial charge in [-0.15, -0.1) is 0 Å². The Hall–Kier alpha value is -2.63. The number of rotatable bonds is 3. The molecule has 2 atom stereocenters. The van der Waals surface area contributed by atoms with E-state index < -0.39 is 0 Å². The number of hydrogen-bond acceptors (Lipinski definition) is 4. The van der Waals surface area contributed by atoms with Crippen LogP contribution in [0.4, 0.5) is 10.5 Å². The van der Waals surface area contributed by atoms with Gasteiger partial charge in [0.2, 0.25) is 0 Å². The summed E-state index contributed by atoms with van der Waals surface area (Å²) in [6.07, 6.45) is 9.29. The molecule has 6 heteroatoms. The van der Waals surface area contributed by atoms with Gasteiger partial charge in [-0.05, 0) is 61.9 Å². The third-order valence-electron chi connectivity index (χ3n) is 5.11. The quantitative estimate of drug-likeness (QED) is 0.916. The molecule has 6 nitrogen and oxygen atoms in total. The van der Waals surface area contributed by atoms with Crippen LogP contribution in [0, 0.1) is 5.92 Å². The first-order valence-corrected chi connectivity index (χ1v) is 8.92. The molecule has 4 rings (SSSR count). The SMILES string of the molecule is O=C(Nc1ccc(Oc2ncccn2)cc1)N1CCC[C@H]2CCC[C@H]21. The highest BCUT2D eigenvalue weighted by molar-refractivity contribution is 5.89. The summed E-state index contributed by atoms with van der Waals surface area (Å²) < 4.78 is 5.57. The molecular weight excluding hydrogens is 316 g/mol. The van der Waals surface area contributed by atoms with Gasteiger partial charge in [0.1, 0.15) is 5.75 Å². The predicted molar refractivity (Wildman–Crippen MR) is 94.6 cm³/mol. The molecule has 0 spiro atoms. The third-order valence-corrected chi connectivity index (χ3v) is 5.11. The highest BCUT2D eigenvalue weighted by Gasteiger charge is 2.37. The molecule has 2 fully saturated rings. The molecule has 1 aromatic carbocycles. The van der Waals surface area contributed by atoms with Crippen LogP contribution < -0.4 is 10.1 Å². The van der Waals surface area contributed by atoms with Crippen molar-refractivity contribution in [3.63, 3.8) is 0 Å². The van der Waals surface area contributed by atoms with E-state index in [1.165, 1.54) is 19.3 Å². The fourth-order valence-electron chi connectivity index (χ4n) is 3.95. The Labute approximate surface area is 147 Å². The van der Waals surface area contributed by atoms with Gasteiger partial charge in [-0.2, -0.15) is 0 Å². The predicted octanol–water partition coefficient (Wildman–Crippen LogP) is 4.07. The zero-order chi connectivity index (χ0) is 17.1. The molecule has 1 aromatic heterocycles. The number of carbonyl (C=O) groups is 1. The van der Waals surface area contributed by atoms with Crippen molar-refractivity contribution in [3.05, 3.63) is 42.7 Å². The fraction of sp³-hybridized carbons (Fsp3) is 0.421. The number of amides is 2. The van der Waals surface area contributed by atoms with Crippen molar-refractivity contribution < 1.29 is 9.53 Å². The van der Waals surface area contributed by atoms with E-state index in [2.05, 4.69) is 15.3 Å². The maximum atomic E-state index is 12.6. The molecule has 0 bridgehead atoms. The average molecular weight is 338 g/mol. The number of ether oxygens (including phenoxy) is 1. The van der Waals surface area contributed by atoms with E-state index in [-0.39, 0.29) is 6.03 Å². The molecule has 1 saturated heterocycles. The Balaban J connectivity index is 1.38. The second kappa shape index (κ2) is 7.09. The maximum Gasteiger partial charge on any atom is 0.322 e. The summed E-state index contributed by atoms with van der Waals surface area (Å²) in [7, 11) is 0. The van der Waals surface area contributed by atoms with Gasteiger partial charge in [-0.3, -0.25) is 0 Å². The molecule has 0 unspecified atom stereocenters. The van der Waals surface area contributed by atoms with Crippen LogP contribution in [0.5, 0.6) is 11.8 Å². The lowest BCUT2D eigenvalue weighted by molar-refractivity contribution is 0.138. The average Bonchev–Trinajstić information content (AvgIpc) is 3.13. The first-order chi connectivity index (χ1) is 12.3. The molecule has 2 aromatic rings. The normalized spacial score (nSPS) is 22.3. The van der Waals surface area contributed by atoms with Crippen molar-refractivity contribution >= 4 is 11.7 Å². The van der Waals surface area contributed by atoms with Crippen LogP contribution in [0.2, 0.25) is 0 Å². The maximum absolute atomic E-state index is 12.6. The molecule has 1 aliphatic heterocycles. The largest absolute Gasteiger partial charge is 0.424 e. The van der Waals surface area contributed by atoms with Crippen LogP contribution in [0.3, 0.4) is 0 Å². The smallest absolute Gasteiger partial charge is 0.322 e. The van der Waals surface area contributed by atoms with Crippen molar-refractivity contribution in [1.29, 1.82) is 0 Å². The minimum Gasteiger partial charge on any atom is -0.424 e. The molecular formula is C19H22N4O2. The third kappa shape index (κ3) is 3.57. The summed E-state index contributed by atoms with van der Waals surface area (Å²) in [5.74, 6) is 1.33. The molecule has 130 valence electrons. The van der Waals surface area contributed by atoms with Crippen LogP contribution in [0.1, 0.15) is 32.1 Å². The van der Waals surface area contributed by atoms with E-state index in [9.17, 15) is 4.79 Å². The number of benzene rings is 1. The van der Waals surface area contributed by atoms with Crippen molar-refractivity contribution in [2.45, 2.75) is 38.1 Å². The van der Waals surface area contributed by atoms with E-state index in [0.29, 0.717) is 23.7 Å². The first kappa shape index (κ1) is 15.9. The lowest BCUT2D eigenvalue weighted by Gasteiger charge is -2.37. The van der Waals surface area contributed by atoms with Gasteiger partial charge >= 0.3 is 12.0 Å². The zero-order valence-corrected chi connectivity index (χ0v) is 14.1. The summed E-state index contributed by atoms with van der Waals surface area (Å²) in [6, 6.07) is 9.77. The molecule has 1 saturated carbocycles. The van der Waals surface area contributed by atoms with Gasteiger partial charge in [0.15, 0.2) is 0 Å². The number of likely N-dealkylation sites (tertiary alicyclic amines) is 1. The second-order valence-corrected chi connectivity index (χ2v) is 6.68. The van der Waals surface area contributed by atoms with Gasteiger partial charge in [0.25, 0.3) is 0 Å². The number of piperidine rings is 1. The minimum atomic E-state index is 0.0108. The standard InChI is InChI=1S/C19H22N4O2/c24-19(23-13-2-5-14-4-1-6-17(14)23)22-15-7-9-16(10-8-15)25-18-20-11-3-12-21-18/h3,7-12,14,17H,1-2,4-6,13H2,(H,22,24)/t14-,17-/m1/s1. The number of fused-ring (bicyclic) bond motifs is 1. The summed E-state index contributed by atoms with van der Waals surface area (Å²) in [6.45, 7) is 0.861. The molecule has 25 heavy (non-hydrogen) atoms. The molecule has 2 amide bonds. The highest BCUT2D eigenvalue weighted by atomic mass is 16.5. The number of nitrogens with zero attached hydrogens (tertiary/aromatic N) is 3. The van der Waals surface area contributed by atoms with Crippen molar-refractivity contribution in [1.82, 2.24) is 14.9 Å². The van der Waals surface area contributed by atoms with Crippen LogP contribution in [-0.4, -0.2) is 33.5 Å². The number of carbonyl (C=O) groups excluding carboxylic acids is 1. The van der Waals surface area contributed by atoms with E-state index in [1.54, 1.807) is 30.6 Å². The minimum absolute atomic E-state index is 0.0108. The number of anilines is 1. The van der Waals surface area contributed by atoms with Gasteiger partial charge < -0.3 is 15.0 Å². The summed E-state index contributed by atoms with van der Waals surface area (Å²) in [4.78, 5) is 22.7. The monoisotopic (exact) mass is 338 g/mol. The highest BCUT2D eigenvalue weighted by Crippen LogP contribution is 2.37. The molecule has 1 aliphatic carbocycles. The first-order valence-electron chi connectivity index (χ1n) is 8.92. The Kier molecular flexibility index (Phi) is 4.50. The van der Waals surface area contributed by atoms with Crippen LogP contribution in [0.15, 0.2) is 42.7 Å². The number of hydrogen-bond donors (Lipinski definition) is 1. The fourth-order valence-corrected chi connectivity index (χ4v) is 3.95. The van der Waals surface area contributed by atoms with Crippen LogP contribution in [-0.2, 0) is 0 Å².